The molecule has 2 N–H and O–H groups in total. The van der Waals surface area contributed by atoms with Gasteiger partial charge in [-0.2, -0.15) is 0 Å². The zero-order valence-corrected chi connectivity index (χ0v) is 8.88. The molecule has 1 rings (SSSR count). The van der Waals surface area contributed by atoms with Crippen molar-refractivity contribution in [3.63, 3.8) is 0 Å². The molecule has 1 fully saturated rings. The summed E-state index contributed by atoms with van der Waals surface area (Å²) in [6.07, 6.45) is -2.54. The van der Waals surface area contributed by atoms with Crippen LogP contribution in [0.2, 0.25) is 0 Å². The van der Waals surface area contributed by atoms with E-state index >= 15 is 0 Å². The zero-order valence-electron chi connectivity index (χ0n) is 8.88. The van der Waals surface area contributed by atoms with Crippen LogP contribution < -0.4 is 0 Å². The summed E-state index contributed by atoms with van der Waals surface area (Å²) in [6.45, 7) is 0.979. The molecule has 1 aliphatic heterocycles. The minimum Gasteiger partial charge on any atom is -0.380 e. The Morgan fingerprint density at radius 3 is 2.07 bits per heavy atom. The molecule has 0 aromatic heterocycles. The van der Waals surface area contributed by atoms with E-state index in [4.69, 9.17) is 10.2 Å². The van der Waals surface area contributed by atoms with E-state index in [0.29, 0.717) is 6.42 Å². The third-order valence-corrected chi connectivity index (χ3v) is 2.32. The molecule has 15 heavy (non-hydrogen) atoms. The van der Waals surface area contributed by atoms with Crippen LogP contribution >= 0.6 is 0 Å². The molecule has 2 amide bonds. The number of aliphatic hydroxyl groups is 2. The van der Waals surface area contributed by atoms with E-state index < -0.39 is 24.0 Å². The van der Waals surface area contributed by atoms with Gasteiger partial charge < -0.3 is 15.1 Å². The van der Waals surface area contributed by atoms with E-state index in [1.807, 2.05) is 19.0 Å². The predicted molar refractivity (Wildman–Crippen MR) is 51.9 cm³/mol. The highest BCUT2D eigenvalue weighted by Gasteiger charge is 2.45. The van der Waals surface area contributed by atoms with Crippen molar-refractivity contribution in [3.05, 3.63) is 0 Å². The molecule has 0 spiro atoms. The maximum atomic E-state index is 11.3. The number of hydrogen-bond donors (Lipinski definition) is 2. The third-order valence-electron chi connectivity index (χ3n) is 2.32. The smallest absolute Gasteiger partial charge is 0.261 e. The summed E-state index contributed by atoms with van der Waals surface area (Å²) in [5.74, 6) is -1.41. The molecule has 2 atom stereocenters. The molecule has 0 unspecified atom stereocenters. The Labute approximate surface area is 88.1 Å². The Bertz CT molecular complexity index is 247. The zero-order chi connectivity index (χ0) is 11.6. The maximum Gasteiger partial charge on any atom is 0.261 e. The lowest BCUT2D eigenvalue weighted by molar-refractivity contribution is -0.141. The number of likely N-dealkylation sites (tertiary alicyclic amines) is 1. The van der Waals surface area contributed by atoms with Gasteiger partial charge in [-0.25, -0.2) is 0 Å². The van der Waals surface area contributed by atoms with E-state index in [2.05, 4.69) is 0 Å². The summed E-state index contributed by atoms with van der Waals surface area (Å²) in [5, 5.41) is 18.3. The lowest BCUT2D eigenvalue weighted by atomic mass is 10.2. The van der Waals surface area contributed by atoms with Crippen LogP contribution in [0.15, 0.2) is 0 Å². The van der Waals surface area contributed by atoms with E-state index in [-0.39, 0.29) is 6.54 Å². The predicted octanol–water partition coefficient (Wildman–Crippen LogP) is -1.97. The monoisotopic (exact) mass is 216 g/mol. The largest absolute Gasteiger partial charge is 0.380 e. The molecule has 0 radical (unpaired) electrons. The highest BCUT2D eigenvalue weighted by molar-refractivity contribution is 6.07. The van der Waals surface area contributed by atoms with Gasteiger partial charge >= 0.3 is 0 Å². The fourth-order valence-electron chi connectivity index (χ4n) is 1.46. The van der Waals surface area contributed by atoms with Crippen LogP contribution in [-0.2, 0) is 9.59 Å². The lowest BCUT2D eigenvalue weighted by Gasteiger charge is -2.15. The lowest BCUT2D eigenvalue weighted by Crippen LogP contribution is -2.34. The normalized spacial score (nSPS) is 26.9. The van der Waals surface area contributed by atoms with Crippen molar-refractivity contribution in [2.45, 2.75) is 18.6 Å². The first-order valence-corrected chi connectivity index (χ1v) is 4.81. The second-order valence-corrected chi connectivity index (χ2v) is 3.87. The van der Waals surface area contributed by atoms with Crippen LogP contribution in [0.4, 0.5) is 0 Å². The minimum atomic E-state index is -1.59. The first-order chi connectivity index (χ1) is 6.95. The fourth-order valence-corrected chi connectivity index (χ4v) is 1.46. The SMILES string of the molecule is CN(C)CCCN1C(=O)[C@@H](O)[C@@H](O)C1=O. The second kappa shape index (κ2) is 4.69. The van der Waals surface area contributed by atoms with Gasteiger partial charge in [0.1, 0.15) is 0 Å². The quantitative estimate of drug-likeness (QED) is 0.533. The molecule has 1 saturated heterocycles. The molecule has 6 heteroatoms. The number of carbonyl (C=O) groups is 2. The molecular formula is C9H16N2O4. The Hall–Kier alpha value is -0.980. The second-order valence-electron chi connectivity index (χ2n) is 3.87. The Morgan fingerprint density at radius 2 is 1.67 bits per heavy atom. The molecule has 1 heterocycles. The average Bonchev–Trinajstić information content (AvgIpc) is 2.34. The fraction of sp³-hybridized carbons (Fsp3) is 0.778. The van der Waals surface area contributed by atoms with Gasteiger partial charge in [-0.05, 0) is 27.1 Å². The van der Waals surface area contributed by atoms with Crippen molar-refractivity contribution in [2.75, 3.05) is 27.2 Å². The number of imide groups is 1. The molecule has 0 aromatic carbocycles. The molecule has 0 aliphatic carbocycles. The van der Waals surface area contributed by atoms with Gasteiger partial charge in [0.2, 0.25) is 0 Å². The van der Waals surface area contributed by atoms with Crippen LogP contribution in [0.25, 0.3) is 0 Å². The molecule has 0 bridgehead atoms. The van der Waals surface area contributed by atoms with Gasteiger partial charge in [0, 0.05) is 6.54 Å². The molecule has 86 valence electrons. The number of amides is 2. The van der Waals surface area contributed by atoms with Gasteiger partial charge in [-0.3, -0.25) is 14.5 Å². The van der Waals surface area contributed by atoms with Crippen LogP contribution in [0.1, 0.15) is 6.42 Å². The standard InChI is InChI=1S/C9H16N2O4/c1-10(2)4-3-5-11-8(14)6(12)7(13)9(11)15/h6-7,12-13H,3-5H2,1-2H3/t6-,7+. The minimum absolute atomic E-state index is 0.240. The van der Waals surface area contributed by atoms with Crippen LogP contribution in [0.5, 0.6) is 0 Å². The van der Waals surface area contributed by atoms with Crippen molar-refractivity contribution in [1.82, 2.24) is 9.80 Å². The topological polar surface area (TPSA) is 81.1 Å². The van der Waals surface area contributed by atoms with Crippen molar-refractivity contribution in [1.29, 1.82) is 0 Å². The third kappa shape index (κ3) is 2.53. The highest BCUT2D eigenvalue weighted by Crippen LogP contribution is 2.13. The van der Waals surface area contributed by atoms with Crippen LogP contribution in [0, 0.1) is 0 Å². The molecular weight excluding hydrogens is 200 g/mol. The number of carbonyl (C=O) groups excluding carboxylic acids is 2. The summed E-state index contributed by atoms with van der Waals surface area (Å²) in [5.41, 5.74) is 0. The van der Waals surface area contributed by atoms with Crippen molar-refractivity contribution < 1.29 is 19.8 Å². The maximum absolute atomic E-state index is 11.3. The van der Waals surface area contributed by atoms with Crippen LogP contribution in [0.3, 0.4) is 0 Å². The number of hydrogen-bond acceptors (Lipinski definition) is 5. The number of nitrogens with zero attached hydrogens (tertiary/aromatic N) is 2. The van der Waals surface area contributed by atoms with E-state index in [0.717, 1.165) is 11.4 Å². The first-order valence-electron chi connectivity index (χ1n) is 4.81. The van der Waals surface area contributed by atoms with E-state index in [1.165, 1.54) is 0 Å². The van der Waals surface area contributed by atoms with Gasteiger partial charge in [0.15, 0.2) is 12.2 Å². The van der Waals surface area contributed by atoms with E-state index in [1.54, 1.807) is 0 Å². The summed E-state index contributed by atoms with van der Waals surface area (Å²) in [4.78, 5) is 25.4. The molecule has 0 aromatic rings. The van der Waals surface area contributed by atoms with Gasteiger partial charge in [0.05, 0.1) is 0 Å². The van der Waals surface area contributed by atoms with Crippen LogP contribution in [-0.4, -0.2) is 71.2 Å². The first kappa shape index (κ1) is 12.1. The van der Waals surface area contributed by atoms with Crippen molar-refractivity contribution in [3.8, 4) is 0 Å². The Morgan fingerprint density at radius 1 is 1.20 bits per heavy atom. The van der Waals surface area contributed by atoms with Gasteiger partial charge in [-0.1, -0.05) is 0 Å². The highest BCUT2D eigenvalue weighted by atomic mass is 16.4. The summed E-state index contributed by atoms with van der Waals surface area (Å²) >= 11 is 0. The van der Waals surface area contributed by atoms with Crippen molar-refractivity contribution >= 4 is 11.8 Å². The van der Waals surface area contributed by atoms with Crippen molar-refractivity contribution in [2.24, 2.45) is 0 Å². The summed E-state index contributed by atoms with van der Waals surface area (Å²) in [7, 11) is 3.77. The molecule has 1 aliphatic rings. The van der Waals surface area contributed by atoms with Gasteiger partial charge in [-0.15, -0.1) is 0 Å². The molecule has 6 nitrogen and oxygen atoms in total. The van der Waals surface area contributed by atoms with E-state index in [9.17, 15) is 9.59 Å². The molecule has 0 saturated carbocycles. The number of aliphatic hydroxyl groups excluding tert-OH is 2. The summed E-state index contributed by atoms with van der Waals surface area (Å²) in [6, 6.07) is 0. The number of rotatable bonds is 4. The summed E-state index contributed by atoms with van der Waals surface area (Å²) < 4.78 is 0. The Kier molecular flexibility index (Phi) is 3.78. The van der Waals surface area contributed by atoms with Gasteiger partial charge in [0.25, 0.3) is 11.8 Å². The average molecular weight is 216 g/mol. The Balaban J connectivity index is 2.48.